The van der Waals surface area contributed by atoms with Gasteiger partial charge in [-0.3, -0.25) is 14.5 Å². The molecule has 0 bridgehead atoms. The van der Waals surface area contributed by atoms with Crippen molar-refractivity contribution >= 4 is 11.8 Å². The van der Waals surface area contributed by atoms with Crippen molar-refractivity contribution in [2.24, 2.45) is 5.92 Å². The van der Waals surface area contributed by atoms with Crippen molar-refractivity contribution in [3.8, 4) is 11.3 Å². The molecule has 2 aliphatic carbocycles. The fraction of sp³-hybridized carbons (Fsp3) is 0.577. The molecular weight excluding hydrogens is 454 g/mol. The van der Waals surface area contributed by atoms with E-state index in [0.29, 0.717) is 25.0 Å². The molecule has 1 saturated heterocycles. The van der Waals surface area contributed by atoms with Gasteiger partial charge in [0, 0.05) is 50.4 Å². The third kappa shape index (κ3) is 5.24. The largest absolute Gasteiger partial charge is 0.355 e. The van der Waals surface area contributed by atoms with Gasteiger partial charge in [-0.2, -0.15) is 0 Å². The van der Waals surface area contributed by atoms with Gasteiger partial charge in [0.05, 0.1) is 11.5 Å². The topological polar surface area (TPSA) is 78.7 Å². The van der Waals surface area contributed by atoms with Crippen molar-refractivity contribution in [2.75, 3.05) is 20.1 Å². The molecule has 1 aromatic heterocycles. The number of benzene rings is 1. The monoisotopic (exact) mass is 486 g/mol. The van der Waals surface area contributed by atoms with Crippen LogP contribution in [0.15, 0.2) is 28.8 Å². The number of carbonyl (C=O) groups is 2. The molecular formula is C26H32F2N4O3. The standard InChI is InChI=1S/C26H32F2N4O3/c1-31(17-8-9-17)26(34)20-15-32(18-5-3-2-4-6-18)12-11-22(20)29-25(33)23-14-24(35-30-23)19-10-7-16(27)13-21(19)28/h7,10,13-14,17-18,20,22H,2-6,8-9,11-12,15H2,1H3,(H,29,33). The normalized spacial score (nSPS) is 23.7. The minimum atomic E-state index is -0.794. The van der Waals surface area contributed by atoms with Crippen LogP contribution in [0.2, 0.25) is 0 Å². The average molecular weight is 487 g/mol. The summed E-state index contributed by atoms with van der Waals surface area (Å²) < 4.78 is 32.5. The molecule has 2 amide bonds. The van der Waals surface area contributed by atoms with E-state index < -0.39 is 17.5 Å². The molecule has 1 aromatic carbocycles. The molecule has 2 atom stereocenters. The molecule has 3 aliphatic rings. The van der Waals surface area contributed by atoms with E-state index in [-0.39, 0.29) is 34.9 Å². The third-order valence-corrected chi connectivity index (χ3v) is 7.75. The number of hydrogen-bond donors (Lipinski definition) is 1. The molecule has 5 rings (SSSR count). The molecule has 1 aliphatic heterocycles. The summed E-state index contributed by atoms with van der Waals surface area (Å²) in [5.41, 5.74) is 0.0260. The van der Waals surface area contributed by atoms with E-state index in [1.54, 1.807) is 0 Å². The van der Waals surface area contributed by atoms with Crippen LogP contribution in [0, 0.1) is 17.6 Å². The van der Waals surface area contributed by atoms with E-state index in [9.17, 15) is 18.4 Å². The predicted octanol–water partition coefficient (Wildman–Crippen LogP) is 3.99. The van der Waals surface area contributed by atoms with E-state index in [2.05, 4.69) is 15.4 Å². The van der Waals surface area contributed by atoms with Crippen molar-refractivity contribution in [2.45, 2.75) is 69.5 Å². The molecule has 2 heterocycles. The minimum Gasteiger partial charge on any atom is -0.355 e. The Bertz CT molecular complexity index is 1080. The maximum atomic E-state index is 14.1. The summed E-state index contributed by atoms with van der Waals surface area (Å²) in [4.78, 5) is 30.8. The first-order valence-corrected chi connectivity index (χ1v) is 12.6. The van der Waals surface area contributed by atoms with Crippen molar-refractivity contribution in [3.63, 3.8) is 0 Å². The zero-order chi connectivity index (χ0) is 24.5. The highest BCUT2D eigenvalue weighted by atomic mass is 19.1. The van der Waals surface area contributed by atoms with E-state index >= 15 is 0 Å². The summed E-state index contributed by atoms with van der Waals surface area (Å²) in [6.07, 6.45) is 8.79. The number of carbonyl (C=O) groups excluding carboxylic acids is 2. The second kappa shape index (κ2) is 10.0. The van der Waals surface area contributed by atoms with Crippen LogP contribution >= 0.6 is 0 Å². The fourth-order valence-electron chi connectivity index (χ4n) is 5.52. The van der Waals surface area contributed by atoms with Gasteiger partial charge >= 0.3 is 0 Å². The average Bonchev–Trinajstić information content (AvgIpc) is 3.60. The van der Waals surface area contributed by atoms with Crippen LogP contribution in [0.1, 0.15) is 61.9 Å². The number of rotatable bonds is 6. The van der Waals surface area contributed by atoms with E-state index in [0.717, 1.165) is 44.4 Å². The fourth-order valence-corrected chi connectivity index (χ4v) is 5.52. The summed E-state index contributed by atoms with van der Waals surface area (Å²) in [6, 6.07) is 4.95. The van der Waals surface area contributed by atoms with Gasteiger partial charge in [-0.05, 0) is 44.2 Å². The number of nitrogens with one attached hydrogen (secondary N) is 1. The summed E-state index contributed by atoms with van der Waals surface area (Å²) in [5, 5.41) is 6.80. The molecule has 7 nitrogen and oxygen atoms in total. The number of nitrogens with zero attached hydrogens (tertiary/aromatic N) is 3. The summed E-state index contributed by atoms with van der Waals surface area (Å²) in [5.74, 6) is -2.17. The Kier molecular flexibility index (Phi) is 6.86. The van der Waals surface area contributed by atoms with E-state index in [1.165, 1.54) is 31.4 Å². The van der Waals surface area contributed by atoms with Crippen LogP contribution < -0.4 is 5.32 Å². The van der Waals surface area contributed by atoms with Crippen LogP contribution in [0.3, 0.4) is 0 Å². The Labute approximate surface area is 203 Å². The molecule has 9 heteroatoms. The highest BCUT2D eigenvalue weighted by Crippen LogP contribution is 2.32. The van der Waals surface area contributed by atoms with Crippen LogP contribution in [0.25, 0.3) is 11.3 Å². The van der Waals surface area contributed by atoms with Gasteiger partial charge < -0.3 is 14.7 Å². The quantitative estimate of drug-likeness (QED) is 0.668. The SMILES string of the molecule is CN(C(=O)C1CN(C2CCCCC2)CCC1NC(=O)c1cc(-c2ccc(F)cc2F)on1)C1CC1. The minimum absolute atomic E-state index is 0.000168. The lowest BCUT2D eigenvalue weighted by Gasteiger charge is -2.43. The van der Waals surface area contributed by atoms with Crippen molar-refractivity contribution < 1.29 is 22.9 Å². The molecule has 3 fully saturated rings. The lowest BCUT2D eigenvalue weighted by Crippen LogP contribution is -2.58. The second-order valence-corrected chi connectivity index (χ2v) is 10.1. The lowest BCUT2D eigenvalue weighted by atomic mass is 9.86. The Morgan fingerprint density at radius 1 is 1.09 bits per heavy atom. The van der Waals surface area contributed by atoms with E-state index in [1.807, 2.05) is 11.9 Å². The molecule has 0 spiro atoms. The van der Waals surface area contributed by atoms with Crippen LogP contribution in [0.5, 0.6) is 0 Å². The Morgan fingerprint density at radius 2 is 1.86 bits per heavy atom. The smallest absolute Gasteiger partial charge is 0.273 e. The summed E-state index contributed by atoms with van der Waals surface area (Å²) in [7, 11) is 1.86. The lowest BCUT2D eigenvalue weighted by molar-refractivity contribution is -0.138. The van der Waals surface area contributed by atoms with Gasteiger partial charge in [0.25, 0.3) is 5.91 Å². The van der Waals surface area contributed by atoms with Crippen LogP contribution in [-0.4, -0.2) is 65.0 Å². The van der Waals surface area contributed by atoms with Crippen molar-refractivity contribution in [3.05, 3.63) is 41.6 Å². The van der Waals surface area contributed by atoms with E-state index in [4.69, 9.17) is 4.52 Å². The number of aromatic nitrogens is 1. The summed E-state index contributed by atoms with van der Waals surface area (Å²) >= 11 is 0. The molecule has 2 saturated carbocycles. The van der Waals surface area contributed by atoms with Crippen molar-refractivity contribution in [1.29, 1.82) is 0 Å². The van der Waals surface area contributed by atoms with Crippen LogP contribution in [0.4, 0.5) is 8.78 Å². The first-order valence-electron chi connectivity index (χ1n) is 12.6. The van der Waals surface area contributed by atoms with Gasteiger partial charge in [0.1, 0.15) is 11.6 Å². The van der Waals surface area contributed by atoms with Gasteiger partial charge in [-0.15, -0.1) is 0 Å². The van der Waals surface area contributed by atoms with Gasteiger partial charge in [-0.1, -0.05) is 24.4 Å². The zero-order valence-electron chi connectivity index (χ0n) is 20.0. The second-order valence-electron chi connectivity index (χ2n) is 10.1. The highest BCUT2D eigenvalue weighted by molar-refractivity contribution is 5.94. The third-order valence-electron chi connectivity index (χ3n) is 7.75. The number of hydrogen-bond acceptors (Lipinski definition) is 5. The zero-order valence-corrected chi connectivity index (χ0v) is 20.0. The molecule has 1 N–H and O–H groups in total. The molecule has 35 heavy (non-hydrogen) atoms. The molecule has 2 unspecified atom stereocenters. The first kappa shape index (κ1) is 23.9. The number of halogens is 2. The van der Waals surface area contributed by atoms with Gasteiger partial charge in [0.15, 0.2) is 11.5 Å². The van der Waals surface area contributed by atoms with Crippen molar-refractivity contribution in [1.82, 2.24) is 20.3 Å². The maximum Gasteiger partial charge on any atom is 0.273 e. The number of likely N-dealkylation sites (tertiary alicyclic amines) is 1. The molecule has 2 aromatic rings. The van der Waals surface area contributed by atoms with Crippen LogP contribution in [-0.2, 0) is 4.79 Å². The number of piperidine rings is 1. The molecule has 0 radical (unpaired) electrons. The Balaban J connectivity index is 1.30. The Morgan fingerprint density at radius 3 is 2.57 bits per heavy atom. The van der Waals surface area contributed by atoms with Gasteiger partial charge in [-0.25, -0.2) is 8.78 Å². The maximum absolute atomic E-state index is 14.1. The Hall–Kier alpha value is -2.81. The highest BCUT2D eigenvalue weighted by Gasteiger charge is 2.42. The molecule has 188 valence electrons. The summed E-state index contributed by atoms with van der Waals surface area (Å²) in [6.45, 7) is 1.47. The first-order chi connectivity index (χ1) is 16.9. The van der Waals surface area contributed by atoms with Gasteiger partial charge in [0.2, 0.25) is 5.91 Å². The predicted molar refractivity (Wildman–Crippen MR) is 125 cm³/mol. The number of amides is 2.